The van der Waals surface area contributed by atoms with Gasteiger partial charge in [0.05, 0.1) is 28.8 Å². The lowest BCUT2D eigenvalue weighted by atomic mass is 10.2. The van der Waals surface area contributed by atoms with E-state index >= 15 is 0 Å². The number of methoxy groups -OCH3 is 1. The van der Waals surface area contributed by atoms with Crippen molar-refractivity contribution < 1.29 is 9.53 Å². The third-order valence-corrected chi connectivity index (χ3v) is 6.46. The summed E-state index contributed by atoms with van der Waals surface area (Å²) in [6, 6.07) is 15.1. The molecule has 1 aliphatic heterocycles. The van der Waals surface area contributed by atoms with Gasteiger partial charge in [-0.1, -0.05) is 42.1 Å². The third-order valence-electron chi connectivity index (χ3n) is 5.41. The largest absolute Gasteiger partial charge is 0.383 e. The maximum Gasteiger partial charge on any atom is 0.262 e. The van der Waals surface area contributed by atoms with Gasteiger partial charge < -0.3 is 9.64 Å². The Morgan fingerprint density at radius 2 is 1.90 bits per heavy atom. The first-order chi connectivity index (χ1) is 14.5. The van der Waals surface area contributed by atoms with Crippen LogP contribution in [-0.2, 0) is 16.0 Å². The second kappa shape index (κ2) is 8.62. The van der Waals surface area contributed by atoms with Crippen LogP contribution in [0.4, 0.5) is 5.69 Å². The van der Waals surface area contributed by atoms with E-state index in [4.69, 9.17) is 9.72 Å². The Hall–Kier alpha value is -2.64. The Morgan fingerprint density at radius 1 is 1.17 bits per heavy atom. The van der Waals surface area contributed by atoms with Gasteiger partial charge in [0.25, 0.3) is 5.56 Å². The lowest BCUT2D eigenvalue weighted by molar-refractivity contribution is -0.117. The van der Waals surface area contributed by atoms with E-state index in [1.165, 1.54) is 17.3 Å². The van der Waals surface area contributed by atoms with Crippen LogP contribution in [0.2, 0.25) is 0 Å². The van der Waals surface area contributed by atoms with Crippen molar-refractivity contribution in [1.82, 2.24) is 9.55 Å². The first-order valence-electron chi connectivity index (χ1n) is 10.1. The SMILES string of the molecule is COC[C@@H](C)n1c(S[C@@H](C)C(=O)N2CCc3ccccc32)nc2ccccc2c1=O. The Kier molecular flexibility index (Phi) is 5.92. The molecular formula is C23H25N3O3S. The van der Waals surface area contributed by atoms with Crippen molar-refractivity contribution in [1.29, 1.82) is 0 Å². The van der Waals surface area contributed by atoms with Gasteiger partial charge in [-0.25, -0.2) is 4.98 Å². The summed E-state index contributed by atoms with van der Waals surface area (Å²) in [5, 5.41) is 0.721. The highest BCUT2D eigenvalue weighted by Gasteiger charge is 2.29. The van der Waals surface area contributed by atoms with Crippen molar-refractivity contribution in [3.8, 4) is 0 Å². The molecule has 2 aromatic carbocycles. The van der Waals surface area contributed by atoms with E-state index in [1.54, 1.807) is 17.7 Å². The van der Waals surface area contributed by atoms with Crippen molar-refractivity contribution in [3.63, 3.8) is 0 Å². The number of fused-ring (bicyclic) bond motifs is 2. The first-order valence-corrected chi connectivity index (χ1v) is 11.0. The third kappa shape index (κ3) is 3.75. The molecule has 0 spiro atoms. The fourth-order valence-electron chi connectivity index (χ4n) is 3.91. The molecule has 2 heterocycles. The van der Waals surface area contributed by atoms with Crippen LogP contribution in [0.1, 0.15) is 25.5 Å². The van der Waals surface area contributed by atoms with E-state index in [0.717, 1.165) is 12.1 Å². The summed E-state index contributed by atoms with van der Waals surface area (Å²) < 4.78 is 6.93. The highest BCUT2D eigenvalue weighted by Crippen LogP contribution is 2.32. The molecule has 0 aliphatic carbocycles. The number of benzene rings is 2. The van der Waals surface area contributed by atoms with E-state index in [0.29, 0.717) is 29.2 Å². The fourth-order valence-corrected chi connectivity index (χ4v) is 4.98. The van der Waals surface area contributed by atoms with Gasteiger partial charge >= 0.3 is 0 Å². The Labute approximate surface area is 179 Å². The molecule has 156 valence electrons. The number of carbonyl (C=O) groups is 1. The molecule has 2 atom stereocenters. The standard InChI is InChI=1S/C23H25N3O3S/c1-15(14-29-3)26-22(28)18-9-5-6-10-19(18)24-23(26)30-16(2)21(27)25-13-12-17-8-4-7-11-20(17)25/h4-11,15-16H,12-14H2,1-3H3/t15-,16+/m1/s1. The molecule has 1 aliphatic rings. The van der Waals surface area contributed by atoms with Crippen LogP contribution in [0, 0.1) is 0 Å². The molecule has 0 unspecified atom stereocenters. The number of ether oxygens (including phenoxy) is 1. The van der Waals surface area contributed by atoms with Crippen LogP contribution >= 0.6 is 11.8 Å². The zero-order valence-electron chi connectivity index (χ0n) is 17.4. The van der Waals surface area contributed by atoms with E-state index in [9.17, 15) is 9.59 Å². The number of carbonyl (C=O) groups excluding carboxylic acids is 1. The molecule has 6 nitrogen and oxygen atoms in total. The molecule has 1 aromatic heterocycles. The number of aromatic nitrogens is 2. The van der Waals surface area contributed by atoms with Gasteiger partial charge in [0.1, 0.15) is 0 Å². The molecule has 30 heavy (non-hydrogen) atoms. The summed E-state index contributed by atoms with van der Waals surface area (Å²) in [5.41, 5.74) is 2.69. The van der Waals surface area contributed by atoms with Crippen LogP contribution in [0.25, 0.3) is 10.9 Å². The van der Waals surface area contributed by atoms with E-state index in [2.05, 4.69) is 6.07 Å². The second-order valence-corrected chi connectivity index (χ2v) is 8.83. The predicted molar refractivity (Wildman–Crippen MR) is 120 cm³/mol. The minimum Gasteiger partial charge on any atom is -0.383 e. The lowest BCUT2D eigenvalue weighted by Crippen LogP contribution is -2.36. The molecule has 0 radical (unpaired) electrons. The van der Waals surface area contributed by atoms with Crippen LogP contribution in [-0.4, -0.2) is 41.0 Å². The minimum atomic E-state index is -0.384. The highest BCUT2D eigenvalue weighted by atomic mass is 32.2. The molecule has 0 saturated heterocycles. The number of thioether (sulfide) groups is 1. The molecule has 0 fully saturated rings. The number of amides is 1. The predicted octanol–water partition coefficient (Wildman–Crippen LogP) is 3.67. The van der Waals surface area contributed by atoms with Gasteiger partial charge in [-0.15, -0.1) is 0 Å². The summed E-state index contributed by atoms with van der Waals surface area (Å²) in [5.74, 6) is 0.0262. The summed E-state index contributed by atoms with van der Waals surface area (Å²) in [4.78, 5) is 33.0. The molecule has 3 aromatic rings. The van der Waals surface area contributed by atoms with E-state index in [-0.39, 0.29) is 22.8 Å². The highest BCUT2D eigenvalue weighted by molar-refractivity contribution is 8.00. The summed E-state index contributed by atoms with van der Waals surface area (Å²) in [7, 11) is 1.61. The van der Waals surface area contributed by atoms with Crippen molar-refractivity contribution in [2.45, 2.75) is 36.7 Å². The smallest absolute Gasteiger partial charge is 0.262 e. The average Bonchev–Trinajstić information content (AvgIpc) is 3.17. The quantitative estimate of drug-likeness (QED) is 0.447. The maximum atomic E-state index is 13.2. The Bertz CT molecular complexity index is 1140. The van der Waals surface area contributed by atoms with Gasteiger partial charge in [-0.3, -0.25) is 14.2 Å². The van der Waals surface area contributed by atoms with Crippen LogP contribution in [0.3, 0.4) is 0 Å². The number of nitrogens with zero attached hydrogens (tertiary/aromatic N) is 3. The van der Waals surface area contributed by atoms with Gasteiger partial charge in [-0.05, 0) is 44.0 Å². The molecule has 0 bridgehead atoms. The number of rotatable bonds is 6. The fraction of sp³-hybridized carbons (Fsp3) is 0.348. The van der Waals surface area contributed by atoms with Crippen LogP contribution in [0.15, 0.2) is 58.5 Å². The van der Waals surface area contributed by atoms with Crippen molar-refractivity contribution in [3.05, 3.63) is 64.4 Å². The second-order valence-electron chi connectivity index (χ2n) is 7.52. The normalized spacial score (nSPS) is 15.2. The molecule has 7 heteroatoms. The van der Waals surface area contributed by atoms with Gasteiger partial charge in [0, 0.05) is 19.3 Å². The van der Waals surface area contributed by atoms with Crippen LogP contribution < -0.4 is 10.5 Å². The van der Waals surface area contributed by atoms with E-state index < -0.39 is 0 Å². The lowest BCUT2D eigenvalue weighted by Gasteiger charge is -2.23. The summed E-state index contributed by atoms with van der Waals surface area (Å²) >= 11 is 1.33. The zero-order valence-corrected chi connectivity index (χ0v) is 18.2. The monoisotopic (exact) mass is 423 g/mol. The van der Waals surface area contributed by atoms with Crippen molar-refractivity contribution in [2.24, 2.45) is 0 Å². The molecule has 4 rings (SSSR count). The van der Waals surface area contributed by atoms with Crippen molar-refractivity contribution >= 4 is 34.3 Å². The number of hydrogen-bond acceptors (Lipinski definition) is 5. The Morgan fingerprint density at radius 3 is 2.70 bits per heavy atom. The van der Waals surface area contributed by atoms with E-state index in [1.807, 2.05) is 55.1 Å². The molecule has 0 saturated carbocycles. The summed E-state index contributed by atoms with van der Waals surface area (Å²) in [6.07, 6.45) is 0.864. The number of anilines is 1. The van der Waals surface area contributed by atoms with Gasteiger partial charge in [0.15, 0.2) is 5.16 Å². The first kappa shape index (κ1) is 20.6. The molecule has 0 N–H and O–H groups in total. The topological polar surface area (TPSA) is 64.4 Å². The maximum absolute atomic E-state index is 13.2. The van der Waals surface area contributed by atoms with Gasteiger partial charge in [0.2, 0.25) is 5.91 Å². The van der Waals surface area contributed by atoms with Gasteiger partial charge in [-0.2, -0.15) is 0 Å². The molecular weight excluding hydrogens is 398 g/mol. The Balaban J connectivity index is 1.68. The van der Waals surface area contributed by atoms with Crippen LogP contribution in [0.5, 0.6) is 0 Å². The summed E-state index contributed by atoms with van der Waals surface area (Å²) in [6.45, 7) is 4.87. The number of para-hydroxylation sites is 2. The average molecular weight is 424 g/mol. The zero-order chi connectivity index (χ0) is 21.3. The minimum absolute atomic E-state index is 0.0262. The van der Waals surface area contributed by atoms with Crippen molar-refractivity contribution in [2.75, 3.05) is 25.2 Å². The number of hydrogen-bond donors (Lipinski definition) is 0. The molecule has 1 amide bonds.